The molecule has 2 aromatic carbocycles. The van der Waals surface area contributed by atoms with Crippen molar-refractivity contribution in [1.29, 1.82) is 0 Å². The molecule has 0 atom stereocenters. The van der Waals surface area contributed by atoms with E-state index in [1.54, 1.807) is 6.20 Å². The number of para-hydroxylation sites is 1. The van der Waals surface area contributed by atoms with Gasteiger partial charge in [-0.2, -0.15) is 0 Å². The molecule has 5 nitrogen and oxygen atoms in total. The molecule has 132 valence electrons. The molecule has 2 heterocycles. The van der Waals surface area contributed by atoms with Gasteiger partial charge in [-0.1, -0.05) is 48.5 Å². The molecular weight excluding hydrogens is 338 g/mol. The van der Waals surface area contributed by atoms with Crippen LogP contribution in [0.5, 0.6) is 0 Å². The van der Waals surface area contributed by atoms with Gasteiger partial charge in [0.05, 0.1) is 23.1 Å². The number of carbonyl (C=O) groups excluding carboxylic acids is 2. The lowest BCUT2D eigenvalue weighted by molar-refractivity contribution is 0.111. The number of hydrogen-bond acceptors (Lipinski definition) is 5. The van der Waals surface area contributed by atoms with E-state index in [0.717, 1.165) is 34.1 Å². The van der Waals surface area contributed by atoms with E-state index in [4.69, 9.17) is 0 Å². The molecule has 0 radical (unpaired) electrons. The first-order valence-electron chi connectivity index (χ1n) is 8.35. The summed E-state index contributed by atoms with van der Waals surface area (Å²) in [6.45, 7) is 1.82. The highest BCUT2D eigenvalue weighted by Gasteiger charge is 2.06. The quantitative estimate of drug-likeness (QED) is 0.512. The molecule has 0 aliphatic rings. The molecule has 0 aliphatic carbocycles. The molecule has 2 aromatic heterocycles. The summed E-state index contributed by atoms with van der Waals surface area (Å²) in [6, 6.07) is 19.4. The Balaban J connectivity index is 0.000000197. The molecule has 0 spiro atoms. The van der Waals surface area contributed by atoms with Gasteiger partial charge in [0.1, 0.15) is 5.69 Å². The summed E-state index contributed by atoms with van der Waals surface area (Å²) in [6.07, 6.45) is 4.56. The van der Waals surface area contributed by atoms with Crippen molar-refractivity contribution in [3.05, 3.63) is 90.0 Å². The SMILES string of the molecule is Cc1cnc(C=O)cn1.O=Cc1cc(-c2ccccc2)nc2ccccc12. The maximum absolute atomic E-state index is 11.2. The van der Waals surface area contributed by atoms with Gasteiger partial charge in [-0.25, -0.2) is 9.97 Å². The van der Waals surface area contributed by atoms with E-state index in [1.807, 2.05) is 67.6 Å². The minimum Gasteiger partial charge on any atom is -0.298 e. The second kappa shape index (κ2) is 8.58. The summed E-state index contributed by atoms with van der Waals surface area (Å²) in [4.78, 5) is 33.4. The van der Waals surface area contributed by atoms with E-state index in [1.165, 1.54) is 6.20 Å². The van der Waals surface area contributed by atoms with E-state index in [9.17, 15) is 9.59 Å². The Morgan fingerprint density at radius 3 is 2.22 bits per heavy atom. The van der Waals surface area contributed by atoms with Crippen molar-refractivity contribution in [2.45, 2.75) is 6.92 Å². The zero-order chi connectivity index (χ0) is 19.1. The monoisotopic (exact) mass is 355 g/mol. The first-order chi connectivity index (χ1) is 13.2. The molecule has 0 saturated heterocycles. The van der Waals surface area contributed by atoms with Gasteiger partial charge in [0, 0.05) is 22.7 Å². The Hall–Kier alpha value is -3.73. The van der Waals surface area contributed by atoms with Crippen LogP contribution in [-0.4, -0.2) is 27.5 Å². The van der Waals surface area contributed by atoms with Gasteiger partial charge in [-0.3, -0.25) is 14.6 Å². The van der Waals surface area contributed by atoms with Crippen LogP contribution >= 0.6 is 0 Å². The van der Waals surface area contributed by atoms with Crippen molar-refractivity contribution >= 4 is 23.5 Å². The van der Waals surface area contributed by atoms with Crippen LogP contribution in [0.15, 0.2) is 73.1 Å². The number of benzene rings is 2. The number of aromatic nitrogens is 3. The molecule has 4 rings (SSSR count). The van der Waals surface area contributed by atoms with Gasteiger partial charge in [-0.15, -0.1) is 0 Å². The lowest BCUT2D eigenvalue weighted by Crippen LogP contribution is -1.90. The van der Waals surface area contributed by atoms with Crippen LogP contribution in [0, 0.1) is 6.92 Å². The predicted molar refractivity (Wildman–Crippen MR) is 105 cm³/mol. The van der Waals surface area contributed by atoms with Crippen LogP contribution in [0.3, 0.4) is 0 Å². The average Bonchev–Trinajstić information content (AvgIpc) is 2.74. The van der Waals surface area contributed by atoms with Crippen molar-refractivity contribution in [1.82, 2.24) is 15.0 Å². The average molecular weight is 355 g/mol. The van der Waals surface area contributed by atoms with Gasteiger partial charge in [-0.05, 0) is 19.1 Å². The Kier molecular flexibility index (Phi) is 5.74. The smallest absolute Gasteiger partial charge is 0.170 e. The van der Waals surface area contributed by atoms with Crippen LogP contribution in [0.1, 0.15) is 26.5 Å². The molecule has 0 N–H and O–H groups in total. The number of pyridine rings is 1. The zero-order valence-corrected chi connectivity index (χ0v) is 14.7. The summed E-state index contributed by atoms with van der Waals surface area (Å²) in [5.74, 6) is 0. The van der Waals surface area contributed by atoms with E-state index < -0.39 is 0 Å². The summed E-state index contributed by atoms with van der Waals surface area (Å²) < 4.78 is 0. The van der Waals surface area contributed by atoms with Gasteiger partial charge >= 0.3 is 0 Å². The van der Waals surface area contributed by atoms with E-state index >= 15 is 0 Å². The van der Waals surface area contributed by atoms with Crippen molar-refractivity contribution < 1.29 is 9.59 Å². The third kappa shape index (κ3) is 4.46. The van der Waals surface area contributed by atoms with Crippen molar-refractivity contribution in [3.63, 3.8) is 0 Å². The van der Waals surface area contributed by atoms with E-state index in [-0.39, 0.29) is 0 Å². The van der Waals surface area contributed by atoms with Gasteiger partial charge < -0.3 is 0 Å². The minimum absolute atomic E-state index is 0.376. The van der Waals surface area contributed by atoms with Crippen molar-refractivity contribution in [3.8, 4) is 11.3 Å². The lowest BCUT2D eigenvalue weighted by Gasteiger charge is -2.05. The Labute approximate surface area is 156 Å². The fourth-order valence-electron chi connectivity index (χ4n) is 2.52. The lowest BCUT2D eigenvalue weighted by atomic mass is 10.1. The Bertz CT molecular complexity index is 1060. The largest absolute Gasteiger partial charge is 0.298 e. The Morgan fingerprint density at radius 1 is 0.815 bits per heavy atom. The molecule has 5 heteroatoms. The second-order valence-corrected chi connectivity index (χ2v) is 5.80. The fourth-order valence-corrected chi connectivity index (χ4v) is 2.52. The highest BCUT2D eigenvalue weighted by molar-refractivity contribution is 5.98. The third-order valence-electron chi connectivity index (χ3n) is 3.87. The van der Waals surface area contributed by atoms with Gasteiger partial charge in [0.25, 0.3) is 0 Å². The minimum atomic E-state index is 0.376. The number of rotatable bonds is 3. The highest BCUT2D eigenvalue weighted by atomic mass is 16.1. The molecule has 0 bridgehead atoms. The number of nitrogens with zero attached hydrogens (tertiary/aromatic N) is 3. The fraction of sp³-hybridized carbons (Fsp3) is 0.0455. The highest BCUT2D eigenvalue weighted by Crippen LogP contribution is 2.23. The zero-order valence-electron chi connectivity index (χ0n) is 14.7. The summed E-state index contributed by atoms with van der Waals surface area (Å²) in [5.41, 5.74) is 4.57. The first kappa shape index (κ1) is 18.1. The molecule has 4 aromatic rings. The number of carbonyl (C=O) groups is 2. The summed E-state index contributed by atoms with van der Waals surface area (Å²) in [7, 11) is 0. The molecular formula is C22H17N3O2. The van der Waals surface area contributed by atoms with Crippen LogP contribution in [0.2, 0.25) is 0 Å². The standard InChI is InChI=1S/C16H11NO.C6H6N2O/c18-11-13-10-16(12-6-2-1-3-7-12)17-15-9-5-4-8-14(13)15;1-5-2-8-6(4-9)3-7-5/h1-11H;2-4H,1H3. The van der Waals surface area contributed by atoms with Crippen molar-refractivity contribution in [2.24, 2.45) is 0 Å². The summed E-state index contributed by atoms with van der Waals surface area (Å²) in [5, 5.41) is 0.896. The van der Waals surface area contributed by atoms with E-state index in [0.29, 0.717) is 17.5 Å². The second-order valence-electron chi connectivity index (χ2n) is 5.80. The number of hydrogen-bond donors (Lipinski definition) is 0. The summed E-state index contributed by atoms with van der Waals surface area (Å²) >= 11 is 0. The Morgan fingerprint density at radius 2 is 1.56 bits per heavy atom. The maximum Gasteiger partial charge on any atom is 0.170 e. The number of aryl methyl sites for hydroxylation is 1. The predicted octanol–water partition coefficient (Wildman–Crippen LogP) is 4.31. The maximum atomic E-state index is 11.2. The third-order valence-corrected chi connectivity index (χ3v) is 3.87. The molecule has 0 aliphatic heterocycles. The molecule has 27 heavy (non-hydrogen) atoms. The molecule has 0 unspecified atom stereocenters. The van der Waals surface area contributed by atoms with Gasteiger partial charge in [0.2, 0.25) is 0 Å². The molecule has 0 saturated carbocycles. The van der Waals surface area contributed by atoms with Crippen LogP contribution < -0.4 is 0 Å². The van der Waals surface area contributed by atoms with E-state index in [2.05, 4.69) is 15.0 Å². The first-order valence-corrected chi connectivity index (χ1v) is 8.35. The number of fused-ring (bicyclic) bond motifs is 1. The molecule has 0 amide bonds. The van der Waals surface area contributed by atoms with Crippen LogP contribution in [0.25, 0.3) is 22.2 Å². The topological polar surface area (TPSA) is 72.8 Å². The number of aldehydes is 2. The van der Waals surface area contributed by atoms with Crippen LogP contribution in [-0.2, 0) is 0 Å². The molecule has 0 fully saturated rings. The van der Waals surface area contributed by atoms with Gasteiger partial charge in [0.15, 0.2) is 12.6 Å². The normalized spacial score (nSPS) is 9.96. The van der Waals surface area contributed by atoms with Crippen LogP contribution in [0.4, 0.5) is 0 Å². The van der Waals surface area contributed by atoms with Crippen molar-refractivity contribution in [2.75, 3.05) is 0 Å².